The smallest absolute Gasteiger partial charge is 0.343 e. The lowest BCUT2D eigenvalue weighted by atomic mass is 9.80. The maximum absolute atomic E-state index is 13.3. The molecule has 2 fully saturated rings. The Bertz CT molecular complexity index is 862. The van der Waals surface area contributed by atoms with Gasteiger partial charge in [0.05, 0.1) is 26.7 Å². The molecule has 0 bridgehead atoms. The number of carbonyl (C=O) groups excluding carboxylic acids is 1. The summed E-state index contributed by atoms with van der Waals surface area (Å²) in [5.41, 5.74) is 0.214. The van der Waals surface area contributed by atoms with Crippen LogP contribution in [-0.2, 0) is 21.6 Å². The van der Waals surface area contributed by atoms with Crippen molar-refractivity contribution in [3.8, 4) is 0 Å². The molecule has 1 unspecified atom stereocenters. The third-order valence-corrected chi connectivity index (χ3v) is 7.50. The Balaban J connectivity index is 1.32. The van der Waals surface area contributed by atoms with Crippen molar-refractivity contribution in [2.75, 3.05) is 26.7 Å². The predicted molar refractivity (Wildman–Crippen MR) is 123 cm³/mol. The first-order valence-corrected chi connectivity index (χ1v) is 12.1. The molecule has 1 saturated heterocycles. The number of ether oxygens (including phenoxy) is 1. The van der Waals surface area contributed by atoms with Gasteiger partial charge in [0.25, 0.3) is 0 Å². The molecule has 1 aliphatic carbocycles. The van der Waals surface area contributed by atoms with E-state index in [1.54, 1.807) is 12.5 Å². The van der Waals surface area contributed by atoms with E-state index in [1.165, 1.54) is 0 Å². The largest absolute Gasteiger partial charge is 0.460 e. The number of aryl methyl sites for hydroxylation is 1. The number of aliphatic hydroxyl groups is 1. The van der Waals surface area contributed by atoms with Crippen LogP contribution in [0.25, 0.3) is 0 Å². The van der Waals surface area contributed by atoms with Crippen LogP contribution in [0.4, 0.5) is 0 Å². The Labute approximate surface area is 191 Å². The molecule has 1 aromatic heterocycles. The number of benzene rings is 1. The Kier molecular flexibility index (Phi) is 7.21. The van der Waals surface area contributed by atoms with E-state index < -0.39 is 11.6 Å². The Hall–Kier alpha value is -2.31. The van der Waals surface area contributed by atoms with Gasteiger partial charge in [0, 0.05) is 37.1 Å². The molecule has 1 saturated carbocycles. The van der Waals surface area contributed by atoms with E-state index in [2.05, 4.69) is 17.0 Å². The first-order valence-electron chi connectivity index (χ1n) is 12.1. The van der Waals surface area contributed by atoms with Gasteiger partial charge < -0.3 is 14.3 Å². The van der Waals surface area contributed by atoms with E-state index in [4.69, 9.17) is 4.74 Å². The highest BCUT2D eigenvalue weighted by Crippen LogP contribution is 2.42. The van der Waals surface area contributed by atoms with E-state index in [1.807, 2.05) is 36.4 Å². The average molecular weight is 439 g/mol. The van der Waals surface area contributed by atoms with Gasteiger partial charge in [-0.1, -0.05) is 43.2 Å². The number of likely N-dealkylation sites (tertiary alicyclic amines) is 1. The molecule has 2 aliphatic rings. The summed E-state index contributed by atoms with van der Waals surface area (Å²) in [7, 11) is 2.29. The van der Waals surface area contributed by atoms with Crippen LogP contribution in [0.15, 0.2) is 48.9 Å². The molecule has 32 heavy (non-hydrogen) atoms. The SMILES string of the molecule is C[N+]1(CCCc2ccncn2)CCC(OC(=O)C(O)(c2ccccc2)C2CCCC2)CC1. The summed E-state index contributed by atoms with van der Waals surface area (Å²) in [6.07, 6.45) is 10.8. The van der Waals surface area contributed by atoms with E-state index >= 15 is 0 Å². The van der Waals surface area contributed by atoms with Crippen molar-refractivity contribution in [2.24, 2.45) is 5.92 Å². The second kappa shape index (κ2) is 10.1. The number of rotatable bonds is 8. The molecule has 6 heteroatoms. The fourth-order valence-corrected chi connectivity index (χ4v) is 5.41. The van der Waals surface area contributed by atoms with Crippen LogP contribution in [-0.4, -0.2) is 58.3 Å². The van der Waals surface area contributed by atoms with E-state index in [0.717, 1.165) is 81.2 Å². The van der Waals surface area contributed by atoms with Crippen molar-refractivity contribution >= 4 is 5.97 Å². The second-order valence-corrected chi connectivity index (χ2v) is 9.81. The lowest BCUT2D eigenvalue weighted by Gasteiger charge is -2.41. The van der Waals surface area contributed by atoms with Gasteiger partial charge >= 0.3 is 5.97 Å². The van der Waals surface area contributed by atoms with Crippen molar-refractivity contribution in [3.63, 3.8) is 0 Å². The summed E-state index contributed by atoms with van der Waals surface area (Å²) in [4.78, 5) is 21.6. The number of piperidine rings is 1. The molecular weight excluding hydrogens is 402 g/mol. The topological polar surface area (TPSA) is 72.3 Å². The number of carbonyl (C=O) groups is 1. The minimum atomic E-state index is -1.54. The molecule has 2 heterocycles. The Morgan fingerprint density at radius 1 is 1.12 bits per heavy atom. The van der Waals surface area contributed by atoms with Crippen LogP contribution in [0.3, 0.4) is 0 Å². The number of hydrogen-bond donors (Lipinski definition) is 1. The monoisotopic (exact) mass is 438 g/mol. The number of esters is 1. The number of hydrogen-bond acceptors (Lipinski definition) is 5. The minimum absolute atomic E-state index is 0.0659. The molecule has 1 aromatic carbocycles. The Morgan fingerprint density at radius 2 is 1.84 bits per heavy atom. The van der Waals surface area contributed by atoms with Crippen LogP contribution >= 0.6 is 0 Å². The van der Waals surface area contributed by atoms with Crippen LogP contribution in [0, 0.1) is 5.92 Å². The molecule has 172 valence electrons. The number of quaternary nitrogens is 1. The van der Waals surface area contributed by atoms with Crippen LogP contribution < -0.4 is 0 Å². The Morgan fingerprint density at radius 3 is 2.50 bits per heavy atom. The van der Waals surface area contributed by atoms with Gasteiger partial charge in [-0.25, -0.2) is 14.8 Å². The van der Waals surface area contributed by atoms with Gasteiger partial charge in [-0.15, -0.1) is 0 Å². The highest BCUT2D eigenvalue weighted by atomic mass is 16.6. The van der Waals surface area contributed by atoms with Crippen LogP contribution in [0.1, 0.15) is 56.2 Å². The number of nitrogens with zero attached hydrogens (tertiary/aromatic N) is 3. The lowest BCUT2D eigenvalue weighted by molar-refractivity contribution is -0.915. The standard InChI is InChI=1S/C26H36N3O3/c1-29(17-7-12-23-13-16-27-20-28-23)18-14-24(15-19-29)32-25(30)26(31,22-10-5-6-11-22)21-8-3-2-4-9-21/h2-4,8-9,13,16,20,22,24,31H,5-7,10-12,14-15,17-19H2,1H3/q+1. The zero-order valence-electron chi connectivity index (χ0n) is 19.2. The normalized spacial score (nSPS) is 25.9. The summed E-state index contributed by atoms with van der Waals surface area (Å²) in [6, 6.07) is 11.4. The van der Waals surface area contributed by atoms with Crippen molar-refractivity contribution in [3.05, 3.63) is 60.2 Å². The minimum Gasteiger partial charge on any atom is -0.460 e. The van der Waals surface area contributed by atoms with Gasteiger partial charge in [0.2, 0.25) is 0 Å². The highest BCUT2D eigenvalue weighted by molar-refractivity contribution is 5.81. The third kappa shape index (κ3) is 5.18. The average Bonchev–Trinajstić information content (AvgIpc) is 3.37. The zero-order valence-corrected chi connectivity index (χ0v) is 19.2. The van der Waals surface area contributed by atoms with Gasteiger partial charge in [-0.3, -0.25) is 0 Å². The lowest BCUT2D eigenvalue weighted by Crippen LogP contribution is -2.53. The van der Waals surface area contributed by atoms with Crippen LogP contribution in [0.5, 0.6) is 0 Å². The van der Waals surface area contributed by atoms with Gasteiger partial charge in [0.1, 0.15) is 12.4 Å². The fourth-order valence-electron chi connectivity index (χ4n) is 5.41. The molecule has 4 rings (SSSR count). The fraction of sp³-hybridized carbons (Fsp3) is 0.577. The van der Waals surface area contributed by atoms with Crippen molar-refractivity contribution in [1.29, 1.82) is 0 Å². The van der Waals surface area contributed by atoms with E-state index in [-0.39, 0.29) is 12.0 Å². The van der Waals surface area contributed by atoms with Crippen molar-refractivity contribution < 1.29 is 19.1 Å². The maximum Gasteiger partial charge on any atom is 0.343 e. The quantitative estimate of drug-likeness (QED) is 0.503. The number of aromatic nitrogens is 2. The molecule has 1 aliphatic heterocycles. The maximum atomic E-state index is 13.3. The molecular formula is C26H36N3O3+. The third-order valence-electron chi connectivity index (χ3n) is 7.50. The summed E-state index contributed by atoms with van der Waals surface area (Å²) >= 11 is 0. The van der Waals surface area contributed by atoms with E-state index in [9.17, 15) is 9.90 Å². The molecule has 6 nitrogen and oxygen atoms in total. The van der Waals surface area contributed by atoms with Gasteiger partial charge in [0.15, 0.2) is 5.60 Å². The molecule has 0 radical (unpaired) electrons. The zero-order chi connectivity index (χ0) is 22.4. The summed E-state index contributed by atoms with van der Waals surface area (Å²) in [6.45, 7) is 3.05. The summed E-state index contributed by atoms with van der Waals surface area (Å²) < 4.78 is 6.97. The van der Waals surface area contributed by atoms with Crippen molar-refractivity contribution in [2.45, 2.75) is 63.1 Å². The van der Waals surface area contributed by atoms with Gasteiger partial charge in [-0.05, 0) is 30.9 Å². The van der Waals surface area contributed by atoms with Crippen LogP contribution in [0.2, 0.25) is 0 Å². The molecule has 0 amide bonds. The van der Waals surface area contributed by atoms with Crippen molar-refractivity contribution in [1.82, 2.24) is 9.97 Å². The molecule has 2 aromatic rings. The predicted octanol–water partition coefficient (Wildman–Crippen LogP) is 3.64. The van der Waals surface area contributed by atoms with E-state index in [0.29, 0.717) is 5.56 Å². The van der Waals surface area contributed by atoms with Gasteiger partial charge in [-0.2, -0.15) is 0 Å². The highest BCUT2D eigenvalue weighted by Gasteiger charge is 2.49. The second-order valence-electron chi connectivity index (χ2n) is 9.81. The molecule has 0 spiro atoms. The summed E-state index contributed by atoms with van der Waals surface area (Å²) in [5.74, 6) is -0.524. The first kappa shape index (κ1) is 22.9. The molecule has 1 N–H and O–H groups in total. The summed E-state index contributed by atoms with van der Waals surface area (Å²) in [5, 5.41) is 11.6. The molecule has 1 atom stereocenters. The first-order chi connectivity index (χ1) is 15.5.